The zero-order chi connectivity index (χ0) is 19.4. The van der Waals surface area contributed by atoms with Gasteiger partial charge in [0.2, 0.25) is 5.91 Å². The van der Waals surface area contributed by atoms with Crippen molar-refractivity contribution in [2.24, 2.45) is 11.7 Å². The first-order chi connectivity index (χ1) is 13.0. The number of halogens is 2. The van der Waals surface area contributed by atoms with Crippen molar-refractivity contribution >= 4 is 23.2 Å². The summed E-state index contributed by atoms with van der Waals surface area (Å²) in [5, 5.41) is 5.74. The largest absolute Gasteiger partial charge is 0.370 e. The molecule has 1 aliphatic carbocycles. The molecule has 0 aromatic heterocycles. The third kappa shape index (κ3) is 5.00. The third-order valence-electron chi connectivity index (χ3n) is 4.71. The Morgan fingerprint density at radius 1 is 1.37 bits per heavy atom. The lowest BCUT2D eigenvalue weighted by Gasteiger charge is -2.29. The van der Waals surface area contributed by atoms with E-state index in [1.54, 1.807) is 0 Å². The number of benzene rings is 1. The van der Waals surface area contributed by atoms with Crippen LogP contribution in [0, 0.1) is 5.92 Å². The second kappa shape index (κ2) is 8.73. The molecule has 1 saturated carbocycles. The number of amides is 2. The number of nitrogens with zero attached hydrogens (tertiary/aromatic N) is 1. The average Bonchev–Trinajstić information content (AvgIpc) is 3.47. The van der Waals surface area contributed by atoms with E-state index in [0.717, 1.165) is 19.4 Å². The topological polar surface area (TPSA) is 96.7 Å². The molecular weight excluding hydrogens is 358 g/mol. The fraction of sp³-hybridized carbons (Fsp3) is 0.556. The Balaban J connectivity index is 1.72. The highest BCUT2D eigenvalue weighted by Gasteiger charge is 2.27. The molecule has 2 aliphatic rings. The van der Waals surface area contributed by atoms with E-state index in [4.69, 9.17) is 10.5 Å². The summed E-state index contributed by atoms with van der Waals surface area (Å²) >= 11 is 0. The highest BCUT2D eigenvalue weighted by Crippen LogP contribution is 2.33. The lowest BCUT2D eigenvalue weighted by molar-refractivity contribution is -0.125. The van der Waals surface area contributed by atoms with Gasteiger partial charge >= 0.3 is 0 Å². The van der Waals surface area contributed by atoms with Gasteiger partial charge in [0.05, 0.1) is 18.3 Å². The van der Waals surface area contributed by atoms with E-state index >= 15 is 0 Å². The van der Waals surface area contributed by atoms with Crippen LogP contribution in [0.15, 0.2) is 18.2 Å². The summed E-state index contributed by atoms with van der Waals surface area (Å²) in [6.07, 6.45) is -0.498. The summed E-state index contributed by atoms with van der Waals surface area (Å²) < 4.78 is 32.1. The van der Waals surface area contributed by atoms with E-state index in [9.17, 15) is 18.4 Å². The maximum atomic E-state index is 13.6. The molecule has 1 atom stereocenters. The normalized spacial score (nSPS) is 18.7. The number of morpholine rings is 1. The lowest BCUT2D eigenvalue weighted by atomic mass is 10.1. The zero-order valence-corrected chi connectivity index (χ0v) is 14.9. The number of anilines is 2. The number of nitrogens with two attached hydrogens (primary N) is 1. The molecule has 148 valence electrons. The molecule has 2 fully saturated rings. The van der Waals surface area contributed by atoms with Crippen molar-refractivity contribution in [3.05, 3.63) is 23.8 Å². The van der Waals surface area contributed by atoms with E-state index in [0.29, 0.717) is 5.92 Å². The maximum Gasteiger partial charge on any atom is 0.265 e. The van der Waals surface area contributed by atoms with Crippen molar-refractivity contribution in [1.82, 2.24) is 5.32 Å². The minimum absolute atomic E-state index is 0.112. The SMILES string of the molecule is NC[C@@H](NCC1CC1)C(=O)Nc1ccc(N2CCOCC2=O)c(C(F)F)c1. The van der Waals surface area contributed by atoms with Gasteiger partial charge in [0.15, 0.2) is 0 Å². The fourth-order valence-electron chi connectivity index (χ4n) is 2.97. The first-order valence-electron chi connectivity index (χ1n) is 9.04. The Hall–Kier alpha value is -2.10. The van der Waals surface area contributed by atoms with Gasteiger partial charge in [-0.25, -0.2) is 8.78 Å². The molecule has 7 nitrogen and oxygen atoms in total. The number of carbonyl (C=O) groups is 2. The number of alkyl halides is 2. The fourth-order valence-corrected chi connectivity index (χ4v) is 2.97. The molecule has 0 spiro atoms. The van der Waals surface area contributed by atoms with Gasteiger partial charge in [-0.3, -0.25) is 9.59 Å². The van der Waals surface area contributed by atoms with Gasteiger partial charge in [0, 0.05) is 24.3 Å². The highest BCUT2D eigenvalue weighted by molar-refractivity contribution is 5.97. The highest BCUT2D eigenvalue weighted by atomic mass is 19.3. The van der Waals surface area contributed by atoms with Crippen LogP contribution in [0.5, 0.6) is 0 Å². The predicted molar refractivity (Wildman–Crippen MR) is 96.8 cm³/mol. The molecule has 1 aromatic rings. The average molecular weight is 382 g/mol. The molecule has 1 aliphatic heterocycles. The summed E-state index contributed by atoms with van der Waals surface area (Å²) in [7, 11) is 0. The van der Waals surface area contributed by atoms with Gasteiger partial charge in [-0.05, 0) is 43.5 Å². The summed E-state index contributed by atoms with van der Waals surface area (Å²) in [5.74, 6) is -0.149. The van der Waals surface area contributed by atoms with Crippen molar-refractivity contribution in [3.8, 4) is 0 Å². The molecule has 3 rings (SSSR count). The smallest absolute Gasteiger partial charge is 0.265 e. The van der Waals surface area contributed by atoms with Gasteiger partial charge in [-0.15, -0.1) is 0 Å². The molecular formula is C18H24F2N4O3. The summed E-state index contributed by atoms with van der Waals surface area (Å²) in [5.41, 5.74) is 5.72. The maximum absolute atomic E-state index is 13.6. The number of hydrogen-bond acceptors (Lipinski definition) is 5. The molecule has 9 heteroatoms. The van der Waals surface area contributed by atoms with Crippen LogP contribution in [0.4, 0.5) is 20.2 Å². The van der Waals surface area contributed by atoms with Crippen LogP contribution >= 0.6 is 0 Å². The molecule has 0 radical (unpaired) electrons. The van der Waals surface area contributed by atoms with Gasteiger partial charge in [0.1, 0.15) is 6.61 Å². The quantitative estimate of drug-likeness (QED) is 0.629. The van der Waals surface area contributed by atoms with Crippen LogP contribution in [-0.2, 0) is 14.3 Å². The standard InChI is InChI=1S/C18H24F2N4O3/c19-17(20)13-7-12(3-4-15(13)24-5-6-27-10-16(24)25)23-18(26)14(8-21)22-9-11-1-2-11/h3-4,7,11,14,17,22H,1-2,5-6,8-10,21H2,(H,23,26)/t14-/m1/s1. The van der Waals surface area contributed by atoms with E-state index < -0.39 is 12.5 Å². The zero-order valence-electron chi connectivity index (χ0n) is 14.9. The van der Waals surface area contributed by atoms with Crippen LogP contribution in [0.1, 0.15) is 24.8 Å². The third-order valence-corrected chi connectivity index (χ3v) is 4.71. The van der Waals surface area contributed by atoms with Crippen molar-refractivity contribution < 1.29 is 23.1 Å². The molecule has 4 N–H and O–H groups in total. The van der Waals surface area contributed by atoms with Crippen molar-refractivity contribution in [3.63, 3.8) is 0 Å². The lowest BCUT2D eigenvalue weighted by Crippen LogP contribution is -2.46. The van der Waals surface area contributed by atoms with Crippen LogP contribution in [-0.4, -0.2) is 50.7 Å². The van der Waals surface area contributed by atoms with E-state index in [2.05, 4.69) is 10.6 Å². The Bertz CT molecular complexity index is 697. The van der Waals surface area contributed by atoms with Gasteiger partial charge < -0.3 is 26.0 Å². The summed E-state index contributed by atoms with van der Waals surface area (Å²) in [6, 6.07) is 3.56. The molecule has 1 heterocycles. The minimum Gasteiger partial charge on any atom is -0.370 e. The molecule has 27 heavy (non-hydrogen) atoms. The number of hydrogen-bond donors (Lipinski definition) is 3. The van der Waals surface area contributed by atoms with Crippen LogP contribution < -0.4 is 21.3 Å². The number of nitrogens with one attached hydrogen (secondary N) is 2. The van der Waals surface area contributed by atoms with Crippen molar-refractivity contribution in [2.75, 3.05) is 43.1 Å². The Morgan fingerprint density at radius 3 is 2.78 bits per heavy atom. The number of rotatable bonds is 8. The Morgan fingerprint density at radius 2 is 2.15 bits per heavy atom. The van der Waals surface area contributed by atoms with Gasteiger partial charge in [-0.2, -0.15) is 0 Å². The molecule has 1 aromatic carbocycles. The molecule has 0 unspecified atom stereocenters. The van der Waals surface area contributed by atoms with Crippen LogP contribution in [0.3, 0.4) is 0 Å². The second-order valence-electron chi connectivity index (χ2n) is 6.80. The summed E-state index contributed by atoms with van der Waals surface area (Å²) in [4.78, 5) is 25.6. The van der Waals surface area contributed by atoms with Crippen molar-refractivity contribution in [1.29, 1.82) is 0 Å². The number of ether oxygens (including phenoxy) is 1. The van der Waals surface area contributed by atoms with Gasteiger partial charge in [0.25, 0.3) is 12.3 Å². The second-order valence-corrected chi connectivity index (χ2v) is 6.80. The van der Waals surface area contributed by atoms with E-state index in [1.165, 1.54) is 23.1 Å². The van der Waals surface area contributed by atoms with Gasteiger partial charge in [-0.1, -0.05) is 0 Å². The predicted octanol–water partition coefficient (Wildman–Crippen LogP) is 1.25. The van der Waals surface area contributed by atoms with Crippen LogP contribution in [0.25, 0.3) is 0 Å². The van der Waals surface area contributed by atoms with E-state index in [-0.39, 0.29) is 55.1 Å². The van der Waals surface area contributed by atoms with Crippen LogP contribution in [0.2, 0.25) is 0 Å². The Labute approximate surface area is 156 Å². The van der Waals surface area contributed by atoms with Crippen molar-refractivity contribution in [2.45, 2.75) is 25.3 Å². The molecule has 0 bridgehead atoms. The minimum atomic E-state index is -2.79. The first kappa shape index (κ1) is 19.7. The molecule has 2 amide bonds. The molecule has 1 saturated heterocycles. The Kier molecular flexibility index (Phi) is 6.35. The number of carbonyl (C=O) groups excluding carboxylic acids is 2. The monoisotopic (exact) mass is 382 g/mol. The summed E-state index contributed by atoms with van der Waals surface area (Å²) in [6.45, 7) is 1.20. The first-order valence-corrected chi connectivity index (χ1v) is 9.04. The van der Waals surface area contributed by atoms with E-state index in [1.807, 2.05) is 0 Å².